The quantitative estimate of drug-likeness (QED) is 0.771. The molecule has 1 unspecified atom stereocenters. The number of hydrogen-bond acceptors (Lipinski definition) is 3. The van der Waals surface area contributed by atoms with Crippen LogP contribution in [-0.2, 0) is 6.42 Å². The van der Waals surface area contributed by atoms with Crippen molar-refractivity contribution >= 4 is 33.2 Å². The van der Waals surface area contributed by atoms with E-state index in [1.165, 1.54) is 0 Å². The number of thiazole rings is 1. The molecule has 0 saturated heterocycles. The van der Waals surface area contributed by atoms with Gasteiger partial charge in [-0.2, -0.15) is 0 Å². The Morgan fingerprint density at radius 3 is 2.80 bits per heavy atom. The minimum Gasteiger partial charge on any atom is -0.388 e. The fourth-order valence-corrected chi connectivity index (χ4v) is 3.53. The van der Waals surface area contributed by atoms with Crippen molar-refractivity contribution in [3.05, 3.63) is 63.6 Å². The molecule has 102 valence electrons. The van der Waals surface area contributed by atoms with Gasteiger partial charge in [0.05, 0.1) is 21.3 Å². The minimum absolute atomic E-state index is 0.530. The number of aliphatic hydroxyl groups excluding tert-OH is 1. The molecule has 3 rings (SSSR count). The lowest BCUT2D eigenvalue weighted by Crippen LogP contribution is -2.03. The van der Waals surface area contributed by atoms with E-state index in [0.717, 1.165) is 26.4 Å². The summed E-state index contributed by atoms with van der Waals surface area (Å²) in [5.74, 6) is 0. The molecular formula is C16H14ClNOS. The summed E-state index contributed by atoms with van der Waals surface area (Å²) in [7, 11) is 0. The van der Waals surface area contributed by atoms with Crippen LogP contribution in [0.25, 0.3) is 10.2 Å². The number of aliphatic hydroxyl groups is 1. The van der Waals surface area contributed by atoms with Crippen molar-refractivity contribution in [2.45, 2.75) is 19.4 Å². The second-order valence-corrected chi connectivity index (χ2v) is 6.35. The smallest absolute Gasteiger partial charge is 0.0967 e. The summed E-state index contributed by atoms with van der Waals surface area (Å²) in [6.07, 6.45) is -0.0187. The van der Waals surface area contributed by atoms with Crippen LogP contribution in [0, 0.1) is 6.92 Å². The molecular weight excluding hydrogens is 290 g/mol. The first-order valence-corrected chi connectivity index (χ1v) is 7.61. The number of para-hydroxylation sites is 1. The van der Waals surface area contributed by atoms with Crippen LogP contribution in [-0.4, -0.2) is 10.1 Å². The Morgan fingerprint density at radius 1 is 1.25 bits per heavy atom. The van der Waals surface area contributed by atoms with Gasteiger partial charge >= 0.3 is 0 Å². The highest BCUT2D eigenvalue weighted by atomic mass is 35.5. The fourth-order valence-electron chi connectivity index (χ4n) is 2.30. The number of nitrogens with zero attached hydrogens (tertiary/aromatic N) is 1. The summed E-state index contributed by atoms with van der Waals surface area (Å²) >= 11 is 7.58. The first-order valence-electron chi connectivity index (χ1n) is 6.42. The summed E-state index contributed by atoms with van der Waals surface area (Å²) < 4.78 is 1.16. The number of hydrogen-bond donors (Lipinski definition) is 1. The molecule has 0 fully saturated rings. The third-order valence-electron chi connectivity index (χ3n) is 3.30. The van der Waals surface area contributed by atoms with Crippen LogP contribution in [0.15, 0.2) is 42.5 Å². The van der Waals surface area contributed by atoms with Gasteiger partial charge in [-0.15, -0.1) is 11.3 Å². The van der Waals surface area contributed by atoms with Crippen molar-refractivity contribution in [3.8, 4) is 0 Å². The lowest BCUT2D eigenvalue weighted by molar-refractivity contribution is 0.177. The van der Waals surface area contributed by atoms with Gasteiger partial charge in [0.1, 0.15) is 0 Å². The van der Waals surface area contributed by atoms with Gasteiger partial charge in [0, 0.05) is 11.4 Å². The molecule has 4 heteroatoms. The highest BCUT2D eigenvalue weighted by Crippen LogP contribution is 2.28. The summed E-state index contributed by atoms with van der Waals surface area (Å²) in [6.45, 7) is 1.96. The minimum atomic E-state index is -0.548. The zero-order valence-electron chi connectivity index (χ0n) is 11.0. The van der Waals surface area contributed by atoms with Gasteiger partial charge in [-0.3, -0.25) is 0 Å². The van der Waals surface area contributed by atoms with E-state index in [1.807, 2.05) is 43.3 Å². The van der Waals surface area contributed by atoms with E-state index in [9.17, 15) is 5.11 Å². The van der Waals surface area contributed by atoms with E-state index in [-0.39, 0.29) is 0 Å². The van der Waals surface area contributed by atoms with E-state index in [1.54, 1.807) is 11.3 Å². The monoisotopic (exact) mass is 303 g/mol. The number of halogens is 1. The highest BCUT2D eigenvalue weighted by molar-refractivity contribution is 7.18. The predicted molar refractivity (Wildman–Crippen MR) is 84.5 cm³/mol. The normalized spacial score (nSPS) is 12.8. The Kier molecular flexibility index (Phi) is 3.74. The van der Waals surface area contributed by atoms with Crippen molar-refractivity contribution < 1.29 is 5.11 Å². The molecule has 1 aromatic heterocycles. The lowest BCUT2D eigenvalue weighted by atomic mass is 10.0. The van der Waals surface area contributed by atoms with Gasteiger partial charge < -0.3 is 5.11 Å². The third kappa shape index (κ3) is 2.70. The topological polar surface area (TPSA) is 33.1 Å². The van der Waals surface area contributed by atoms with E-state index in [2.05, 4.69) is 11.1 Å². The number of aryl methyl sites for hydroxylation is 1. The van der Waals surface area contributed by atoms with Crippen molar-refractivity contribution in [3.63, 3.8) is 0 Å². The standard InChI is InChI=1S/C16H14ClNOS/c1-10-8-11(17)6-7-12(10)14(19)9-16-18-13-4-2-3-5-15(13)20-16/h2-8,14,19H,9H2,1H3. The van der Waals surface area contributed by atoms with Crippen LogP contribution < -0.4 is 0 Å². The molecule has 1 N–H and O–H groups in total. The Hall–Kier alpha value is -1.42. The molecule has 0 radical (unpaired) electrons. The SMILES string of the molecule is Cc1cc(Cl)ccc1C(O)Cc1nc2ccccc2s1. The summed E-state index contributed by atoms with van der Waals surface area (Å²) in [5.41, 5.74) is 2.91. The van der Waals surface area contributed by atoms with Crippen LogP contribution in [0.5, 0.6) is 0 Å². The number of rotatable bonds is 3. The maximum Gasteiger partial charge on any atom is 0.0967 e. The van der Waals surface area contributed by atoms with Gasteiger partial charge in [-0.25, -0.2) is 4.98 Å². The van der Waals surface area contributed by atoms with Gasteiger partial charge in [0.15, 0.2) is 0 Å². The van der Waals surface area contributed by atoms with E-state index in [4.69, 9.17) is 11.6 Å². The molecule has 1 heterocycles. The second-order valence-electron chi connectivity index (χ2n) is 4.80. The zero-order valence-corrected chi connectivity index (χ0v) is 12.6. The number of fused-ring (bicyclic) bond motifs is 1. The van der Waals surface area contributed by atoms with Crippen molar-refractivity contribution in [1.82, 2.24) is 4.98 Å². The maximum atomic E-state index is 10.4. The molecule has 20 heavy (non-hydrogen) atoms. The van der Waals surface area contributed by atoms with Crippen LogP contribution in [0.1, 0.15) is 22.2 Å². The summed E-state index contributed by atoms with van der Waals surface area (Å²) in [6, 6.07) is 13.6. The van der Waals surface area contributed by atoms with Gasteiger partial charge in [0.2, 0.25) is 0 Å². The average molecular weight is 304 g/mol. The Bertz CT molecular complexity index is 720. The first kappa shape index (κ1) is 13.6. The molecule has 0 spiro atoms. The van der Waals surface area contributed by atoms with Crippen LogP contribution >= 0.6 is 22.9 Å². The molecule has 1 atom stereocenters. The van der Waals surface area contributed by atoms with Crippen molar-refractivity contribution in [2.75, 3.05) is 0 Å². The third-order valence-corrected chi connectivity index (χ3v) is 4.59. The molecule has 0 amide bonds. The van der Waals surface area contributed by atoms with Crippen LogP contribution in [0.3, 0.4) is 0 Å². The molecule has 0 aliphatic rings. The lowest BCUT2D eigenvalue weighted by Gasteiger charge is -2.12. The van der Waals surface area contributed by atoms with E-state index < -0.39 is 6.10 Å². The van der Waals surface area contributed by atoms with Crippen molar-refractivity contribution in [1.29, 1.82) is 0 Å². The summed E-state index contributed by atoms with van der Waals surface area (Å²) in [5, 5.41) is 12.0. The Labute approximate surface area is 126 Å². The van der Waals surface area contributed by atoms with Crippen LogP contribution in [0.4, 0.5) is 0 Å². The van der Waals surface area contributed by atoms with Crippen molar-refractivity contribution in [2.24, 2.45) is 0 Å². The molecule has 2 aromatic carbocycles. The summed E-state index contributed by atoms with van der Waals surface area (Å²) in [4.78, 5) is 4.56. The molecule has 2 nitrogen and oxygen atoms in total. The largest absolute Gasteiger partial charge is 0.388 e. The van der Waals surface area contributed by atoms with Gasteiger partial charge in [-0.1, -0.05) is 29.8 Å². The first-order chi connectivity index (χ1) is 9.63. The van der Waals surface area contributed by atoms with Gasteiger partial charge in [0.25, 0.3) is 0 Å². The van der Waals surface area contributed by atoms with E-state index >= 15 is 0 Å². The van der Waals surface area contributed by atoms with E-state index in [0.29, 0.717) is 11.4 Å². The Balaban J connectivity index is 1.86. The predicted octanol–water partition coefficient (Wildman–Crippen LogP) is 4.53. The molecule has 0 saturated carbocycles. The second kappa shape index (κ2) is 5.52. The fraction of sp³-hybridized carbons (Fsp3) is 0.188. The average Bonchev–Trinajstić information content (AvgIpc) is 2.80. The van der Waals surface area contributed by atoms with Crippen LogP contribution in [0.2, 0.25) is 5.02 Å². The Morgan fingerprint density at radius 2 is 2.05 bits per heavy atom. The molecule has 0 bridgehead atoms. The van der Waals surface area contributed by atoms with Gasteiger partial charge in [-0.05, 0) is 42.3 Å². The molecule has 3 aromatic rings. The highest BCUT2D eigenvalue weighted by Gasteiger charge is 2.14. The zero-order chi connectivity index (χ0) is 14.1. The molecule has 0 aliphatic carbocycles. The maximum absolute atomic E-state index is 10.4. The number of benzene rings is 2. The number of aromatic nitrogens is 1. The molecule has 0 aliphatic heterocycles.